The maximum Gasteiger partial charge on any atom is 0.173 e. The van der Waals surface area contributed by atoms with Gasteiger partial charge >= 0.3 is 0 Å². The second-order valence-corrected chi connectivity index (χ2v) is 7.46. The summed E-state index contributed by atoms with van der Waals surface area (Å²) in [6.07, 6.45) is 0. The molecule has 1 aliphatic heterocycles. The van der Waals surface area contributed by atoms with E-state index in [9.17, 15) is 0 Å². The largest absolute Gasteiger partial charge is 0.304 e. The number of likely N-dealkylation sites (N-methyl/N-ethyl adjacent to an activating group) is 1. The maximum atomic E-state index is 4.42. The molecule has 130 valence electrons. The quantitative estimate of drug-likeness (QED) is 0.702. The Labute approximate surface area is 151 Å². The molecule has 25 heavy (non-hydrogen) atoms. The zero-order valence-electron chi connectivity index (χ0n) is 14.3. The second-order valence-electron chi connectivity index (χ2n) is 6.43. The lowest BCUT2D eigenvalue weighted by atomic mass is 10.0. The minimum absolute atomic E-state index is 0.0878. The molecule has 3 aromatic rings. The molecule has 4 rings (SSSR count). The number of benzene rings is 1. The Morgan fingerprint density at radius 2 is 1.84 bits per heavy atom. The Kier molecular flexibility index (Phi) is 4.87. The van der Waals surface area contributed by atoms with Gasteiger partial charge in [0.25, 0.3) is 0 Å². The predicted octanol–water partition coefficient (Wildman–Crippen LogP) is 2.12. The highest BCUT2D eigenvalue weighted by atomic mass is 32.1. The molecule has 0 aliphatic carbocycles. The van der Waals surface area contributed by atoms with E-state index in [0.29, 0.717) is 0 Å². The van der Waals surface area contributed by atoms with Gasteiger partial charge in [0.15, 0.2) is 5.82 Å². The lowest BCUT2D eigenvalue weighted by Gasteiger charge is -2.37. The highest BCUT2D eigenvalue weighted by Gasteiger charge is 2.29. The van der Waals surface area contributed by atoms with Crippen LogP contribution in [0.2, 0.25) is 0 Å². The minimum Gasteiger partial charge on any atom is -0.304 e. The van der Waals surface area contributed by atoms with E-state index in [1.165, 1.54) is 10.4 Å². The predicted molar refractivity (Wildman–Crippen MR) is 98.6 cm³/mol. The molecule has 0 saturated carbocycles. The molecule has 0 N–H and O–H groups in total. The van der Waals surface area contributed by atoms with Crippen molar-refractivity contribution in [3.8, 4) is 0 Å². The van der Waals surface area contributed by atoms with Gasteiger partial charge in [-0.1, -0.05) is 36.4 Å². The summed E-state index contributed by atoms with van der Waals surface area (Å²) in [5.41, 5.74) is 1.24. The zero-order chi connectivity index (χ0) is 17.1. The zero-order valence-corrected chi connectivity index (χ0v) is 15.1. The molecule has 1 saturated heterocycles. The van der Waals surface area contributed by atoms with E-state index in [4.69, 9.17) is 0 Å². The third kappa shape index (κ3) is 3.63. The van der Waals surface area contributed by atoms with Crippen LogP contribution in [0.15, 0.2) is 47.8 Å². The van der Waals surface area contributed by atoms with Crippen molar-refractivity contribution in [2.75, 3.05) is 33.2 Å². The fourth-order valence-electron chi connectivity index (χ4n) is 3.31. The Morgan fingerprint density at radius 1 is 1.04 bits per heavy atom. The van der Waals surface area contributed by atoms with Gasteiger partial charge in [0.2, 0.25) is 0 Å². The van der Waals surface area contributed by atoms with Crippen molar-refractivity contribution in [1.29, 1.82) is 0 Å². The number of nitrogens with zero attached hydrogens (tertiary/aromatic N) is 6. The first-order chi connectivity index (χ1) is 12.3. The minimum atomic E-state index is 0.0878. The standard InChI is InChI=1S/C18H22N6S/c1-22-9-11-23(12-10-22)17(15-6-3-2-4-7-15)18-19-20-21-24(18)14-16-8-5-13-25-16/h2-8,13,17H,9-12,14H2,1H3. The van der Waals surface area contributed by atoms with Gasteiger partial charge in [-0.25, -0.2) is 4.68 Å². The van der Waals surface area contributed by atoms with E-state index in [-0.39, 0.29) is 6.04 Å². The molecular formula is C18H22N6S. The van der Waals surface area contributed by atoms with Crippen molar-refractivity contribution in [3.63, 3.8) is 0 Å². The summed E-state index contributed by atoms with van der Waals surface area (Å²) in [7, 11) is 2.18. The average Bonchev–Trinajstić information content (AvgIpc) is 3.31. The number of hydrogen-bond donors (Lipinski definition) is 0. The highest BCUT2D eigenvalue weighted by molar-refractivity contribution is 7.09. The smallest absolute Gasteiger partial charge is 0.173 e. The maximum absolute atomic E-state index is 4.42. The third-order valence-electron chi connectivity index (χ3n) is 4.71. The molecule has 1 fully saturated rings. The van der Waals surface area contributed by atoms with E-state index in [1.807, 2.05) is 4.68 Å². The van der Waals surface area contributed by atoms with Crippen molar-refractivity contribution in [2.24, 2.45) is 0 Å². The van der Waals surface area contributed by atoms with Gasteiger partial charge in [-0.3, -0.25) is 4.90 Å². The van der Waals surface area contributed by atoms with Crippen LogP contribution in [0.3, 0.4) is 0 Å². The fourth-order valence-corrected chi connectivity index (χ4v) is 3.99. The molecule has 1 aromatic carbocycles. The summed E-state index contributed by atoms with van der Waals surface area (Å²) in [6.45, 7) is 4.88. The van der Waals surface area contributed by atoms with E-state index in [0.717, 1.165) is 38.5 Å². The average molecular weight is 354 g/mol. The summed E-state index contributed by atoms with van der Waals surface area (Å²) >= 11 is 1.74. The number of piperazine rings is 1. The van der Waals surface area contributed by atoms with Crippen LogP contribution in [-0.4, -0.2) is 63.2 Å². The van der Waals surface area contributed by atoms with Gasteiger partial charge in [-0.05, 0) is 34.5 Å². The summed E-state index contributed by atoms with van der Waals surface area (Å²) < 4.78 is 1.95. The van der Waals surface area contributed by atoms with Crippen molar-refractivity contribution in [1.82, 2.24) is 30.0 Å². The van der Waals surface area contributed by atoms with Gasteiger partial charge in [0, 0.05) is 31.1 Å². The van der Waals surface area contributed by atoms with Crippen LogP contribution in [0.25, 0.3) is 0 Å². The number of aromatic nitrogens is 4. The molecule has 2 aromatic heterocycles. The van der Waals surface area contributed by atoms with Crippen molar-refractivity contribution in [3.05, 3.63) is 64.1 Å². The summed E-state index contributed by atoms with van der Waals surface area (Å²) in [5, 5.41) is 14.8. The molecule has 3 heterocycles. The summed E-state index contributed by atoms with van der Waals surface area (Å²) in [6, 6.07) is 14.9. The highest BCUT2D eigenvalue weighted by Crippen LogP contribution is 2.28. The van der Waals surface area contributed by atoms with Crippen LogP contribution in [0.4, 0.5) is 0 Å². The van der Waals surface area contributed by atoms with Gasteiger partial charge in [-0.2, -0.15) is 0 Å². The topological polar surface area (TPSA) is 50.1 Å². The lowest BCUT2D eigenvalue weighted by Crippen LogP contribution is -2.46. The molecule has 0 radical (unpaired) electrons. The van der Waals surface area contributed by atoms with Gasteiger partial charge in [0.05, 0.1) is 12.6 Å². The van der Waals surface area contributed by atoms with Crippen molar-refractivity contribution >= 4 is 11.3 Å². The van der Waals surface area contributed by atoms with Gasteiger partial charge in [-0.15, -0.1) is 16.4 Å². The molecule has 6 nitrogen and oxygen atoms in total. The van der Waals surface area contributed by atoms with E-state index in [2.05, 4.69) is 80.2 Å². The fraction of sp³-hybridized carbons (Fsp3) is 0.389. The van der Waals surface area contributed by atoms with E-state index in [1.54, 1.807) is 11.3 Å². The molecule has 1 unspecified atom stereocenters. The second kappa shape index (κ2) is 7.43. The van der Waals surface area contributed by atoms with Crippen molar-refractivity contribution < 1.29 is 0 Å². The van der Waals surface area contributed by atoms with Crippen LogP contribution < -0.4 is 0 Å². The first-order valence-corrected chi connectivity index (χ1v) is 9.45. The number of tetrazole rings is 1. The molecule has 0 amide bonds. The van der Waals surface area contributed by atoms with Crippen LogP contribution in [0.1, 0.15) is 22.3 Å². The van der Waals surface area contributed by atoms with Crippen LogP contribution >= 0.6 is 11.3 Å². The Bertz CT molecular complexity index is 777. The third-order valence-corrected chi connectivity index (χ3v) is 5.57. The number of thiophene rings is 1. The molecule has 7 heteroatoms. The van der Waals surface area contributed by atoms with Crippen molar-refractivity contribution in [2.45, 2.75) is 12.6 Å². The molecule has 0 spiro atoms. The Morgan fingerprint density at radius 3 is 2.56 bits per heavy atom. The monoisotopic (exact) mass is 354 g/mol. The first kappa shape index (κ1) is 16.4. The Balaban J connectivity index is 1.68. The van der Waals surface area contributed by atoms with E-state index >= 15 is 0 Å². The number of rotatable bonds is 5. The number of hydrogen-bond acceptors (Lipinski definition) is 6. The van der Waals surface area contributed by atoms with Crippen LogP contribution in [0.5, 0.6) is 0 Å². The van der Waals surface area contributed by atoms with Gasteiger partial charge < -0.3 is 4.90 Å². The summed E-state index contributed by atoms with van der Waals surface area (Å²) in [4.78, 5) is 6.12. The SMILES string of the molecule is CN1CCN(C(c2ccccc2)c2nnnn2Cc2cccs2)CC1. The first-order valence-electron chi connectivity index (χ1n) is 8.57. The van der Waals surface area contributed by atoms with Gasteiger partial charge in [0.1, 0.15) is 0 Å². The molecular weight excluding hydrogens is 332 g/mol. The van der Waals surface area contributed by atoms with E-state index < -0.39 is 0 Å². The van der Waals surface area contributed by atoms with Crippen LogP contribution in [0, 0.1) is 0 Å². The summed E-state index contributed by atoms with van der Waals surface area (Å²) in [5.74, 6) is 0.921. The Hall–Kier alpha value is -2.09. The molecule has 0 bridgehead atoms. The molecule has 1 aliphatic rings. The molecule has 1 atom stereocenters. The lowest BCUT2D eigenvalue weighted by molar-refractivity contribution is 0.121. The van der Waals surface area contributed by atoms with Crippen LogP contribution in [-0.2, 0) is 6.54 Å². The normalized spacial score (nSPS) is 17.6.